The maximum Gasteiger partial charge on any atom is 0.191 e. The summed E-state index contributed by atoms with van der Waals surface area (Å²) in [5.41, 5.74) is 2.31. The molecule has 2 aliphatic carbocycles. The second kappa shape index (κ2) is 10.3. The van der Waals surface area contributed by atoms with Crippen molar-refractivity contribution in [3.8, 4) is 5.75 Å². The van der Waals surface area contributed by atoms with Crippen LogP contribution < -0.4 is 10.1 Å². The van der Waals surface area contributed by atoms with Crippen molar-refractivity contribution in [3.63, 3.8) is 0 Å². The highest BCUT2D eigenvalue weighted by Gasteiger charge is 2.44. The molecule has 0 spiro atoms. The van der Waals surface area contributed by atoms with Gasteiger partial charge in [0.15, 0.2) is 22.1 Å². The summed E-state index contributed by atoms with van der Waals surface area (Å²) >= 11 is 1.57. The number of anilines is 1. The monoisotopic (exact) mass is 500 g/mol. The number of hydrogen-bond acceptors (Lipinski definition) is 10. The van der Waals surface area contributed by atoms with Crippen molar-refractivity contribution in [3.05, 3.63) is 29.8 Å². The number of thioether (sulfide) groups is 1. The first kappa shape index (κ1) is 24.2. The molecule has 6 atom stereocenters. The summed E-state index contributed by atoms with van der Waals surface area (Å²) in [5.74, 6) is 2.50. The standard InChI is InChI=1S/C24H32N6O4S/c1-3-9-35-24-26-22(25-17-12-16(17)13-5-4-6-15(10-13)34-2)19-23(27-24)30(29-28-19)18-11-14(7-8-31)20(32)21(18)33/h4-6,10,14,16-18,20-21,31-33H,3,7-9,11-12H2,1-2H3,(H,25,26,27). The van der Waals surface area contributed by atoms with Gasteiger partial charge in [0.25, 0.3) is 0 Å². The molecule has 3 aromatic rings. The van der Waals surface area contributed by atoms with Crippen LogP contribution in [0.4, 0.5) is 5.82 Å². The van der Waals surface area contributed by atoms with Crippen LogP contribution in [-0.2, 0) is 0 Å². The molecule has 188 valence electrons. The largest absolute Gasteiger partial charge is 0.497 e. The van der Waals surface area contributed by atoms with E-state index in [-0.39, 0.29) is 18.6 Å². The van der Waals surface area contributed by atoms with Crippen molar-refractivity contribution < 1.29 is 20.1 Å². The molecule has 2 aromatic heterocycles. The maximum absolute atomic E-state index is 10.7. The van der Waals surface area contributed by atoms with Crippen molar-refractivity contribution in [2.75, 3.05) is 24.8 Å². The highest BCUT2D eigenvalue weighted by Crippen LogP contribution is 2.44. The maximum atomic E-state index is 10.7. The summed E-state index contributed by atoms with van der Waals surface area (Å²) in [5, 5.41) is 43.4. The van der Waals surface area contributed by atoms with Gasteiger partial charge in [0.05, 0.1) is 19.3 Å². The Kier molecular flexibility index (Phi) is 7.10. The minimum Gasteiger partial charge on any atom is -0.497 e. The van der Waals surface area contributed by atoms with Gasteiger partial charge in [-0.1, -0.05) is 36.0 Å². The summed E-state index contributed by atoms with van der Waals surface area (Å²) in [6.45, 7) is 2.07. The smallest absolute Gasteiger partial charge is 0.191 e. The molecule has 0 bridgehead atoms. The Morgan fingerprint density at radius 1 is 1.20 bits per heavy atom. The van der Waals surface area contributed by atoms with Crippen LogP contribution in [0.1, 0.15) is 50.1 Å². The third-order valence-corrected chi connectivity index (χ3v) is 8.01. The zero-order chi connectivity index (χ0) is 24.5. The molecule has 35 heavy (non-hydrogen) atoms. The third-order valence-electron chi connectivity index (χ3n) is 6.96. The number of hydrogen-bond donors (Lipinski definition) is 4. The quantitative estimate of drug-likeness (QED) is 0.242. The first-order valence-corrected chi connectivity index (χ1v) is 13.2. The van der Waals surface area contributed by atoms with Gasteiger partial charge in [-0.2, -0.15) is 0 Å². The second-order valence-electron chi connectivity index (χ2n) is 9.34. The van der Waals surface area contributed by atoms with Gasteiger partial charge < -0.3 is 25.4 Å². The number of nitrogens with one attached hydrogen (secondary N) is 1. The zero-order valence-electron chi connectivity index (χ0n) is 19.9. The lowest BCUT2D eigenvalue weighted by atomic mass is 10.0. The first-order chi connectivity index (χ1) is 17.0. The molecule has 0 saturated heterocycles. The minimum atomic E-state index is -1.00. The minimum absolute atomic E-state index is 0.0385. The van der Waals surface area contributed by atoms with Crippen LogP contribution in [0, 0.1) is 5.92 Å². The summed E-state index contributed by atoms with van der Waals surface area (Å²) in [6.07, 6.45) is 0.953. The molecule has 6 unspecified atom stereocenters. The molecule has 4 N–H and O–H groups in total. The highest BCUT2D eigenvalue weighted by atomic mass is 32.2. The van der Waals surface area contributed by atoms with Crippen molar-refractivity contribution in [1.29, 1.82) is 0 Å². The fourth-order valence-corrected chi connectivity index (χ4v) is 5.65. The fourth-order valence-electron chi connectivity index (χ4n) is 4.96. The van der Waals surface area contributed by atoms with Gasteiger partial charge >= 0.3 is 0 Å². The molecule has 2 saturated carbocycles. The van der Waals surface area contributed by atoms with E-state index >= 15 is 0 Å². The summed E-state index contributed by atoms with van der Waals surface area (Å²) < 4.78 is 6.99. The van der Waals surface area contributed by atoms with Gasteiger partial charge in [-0.05, 0) is 49.3 Å². The van der Waals surface area contributed by atoms with Gasteiger partial charge in [-0.3, -0.25) is 0 Å². The molecule has 10 nitrogen and oxygen atoms in total. The number of aliphatic hydroxyl groups is 3. The molecular formula is C24H32N6O4S. The van der Waals surface area contributed by atoms with E-state index in [4.69, 9.17) is 14.7 Å². The Morgan fingerprint density at radius 3 is 2.83 bits per heavy atom. The SMILES string of the molecule is CCCSc1nc(NC2CC2c2cccc(OC)c2)c2nnn(C3CC(CCO)C(O)C3O)c2n1. The number of rotatable bonds is 10. The second-order valence-corrected chi connectivity index (χ2v) is 10.4. The van der Waals surface area contributed by atoms with Crippen LogP contribution in [0.5, 0.6) is 5.75 Å². The number of benzene rings is 1. The molecule has 5 rings (SSSR count). The highest BCUT2D eigenvalue weighted by molar-refractivity contribution is 7.99. The van der Waals surface area contributed by atoms with Crippen LogP contribution in [0.2, 0.25) is 0 Å². The van der Waals surface area contributed by atoms with Crippen LogP contribution in [0.3, 0.4) is 0 Å². The molecule has 2 aliphatic rings. The lowest BCUT2D eigenvalue weighted by Crippen LogP contribution is -2.30. The van der Waals surface area contributed by atoms with E-state index in [0.29, 0.717) is 40.9 Å². The van der Waals surface area contributed by atoms with Crippen molar-refractivity contribution in [2.45, 2.75) is 68.0 Å². The van der Waals surface area contributed by atoms with Crippen molar-refractivity contribution >= 4 is 28.7 Å². The molecule has 2 fully saturated rings. The van der Waals surface area contributed by atoms with E-state index in [2.05, 4.69) is 34.7 Å². The summed E-state index contributed by atoms with van der Waals surface area (Å²) in [4.78, 5) is 9.48. The van der Waals surface area contributed by atoms with Crippen LogP contribution in [0.25, 0.3) is 11.2 Å². The van der Waals surface area contributed by atoms with Crippen molar-refractivity contribution in [2.24, 2.45) is 5.92 Å². The topological polar surface area (TPSA) is 138 Å². The zero-order valence-corrected chi connectivity index (χ0v) is 20.7. The van der Waals surface area contributed by atoms with Crippen LogP contribution in [0.15, 0.2) is 29.4 Å². The Morgan fingerprint density at radius 2 is 2.06 bits per heavy atom. The van der Waals surface area contributed by atoms with Crippen LogP contribution in [-0.4, -0.2) is 78.0 Å². The average molecular weight is 501 g/mol. The predicted molar refractivity (Wildman–Crippen MR) is 133 cm³/mol. The van der Waals surface area contributed by atoms with E-state index in [1.165, 1.54) is 5.56 Å². The normalized spacial score (nSPS) is 27.9. The number of methoxy groups -OCH3 is 1. The number of nitrogens with zero attached hydrogens (tertiary/aromatic N) is 5. The summed E-state index contributed by atoms with van der Waals surface area (Å²) in [7, 11) is 1.67. The third kappa shape index (κ3) is 4.82. The van der Waals surface area contributed by atoms with Gasteiger partial charge in [-0.25, -0.2) is 14.6 Å². The van der Waals surface area contributed by atoms with E-state index in [1.54, 1.807) is 23.6 Å². The Bertz CT molecular complexity index is 1180. The molecule has 1 aromatic carbocycles. The van der Waals surface area contributed by atoms with Gasteiger partial charge in [0.1, 0.15) is 11.9 Å². The molecular weight excluding hydrogens is 468 g/mol. The Labute approximate surface area is 208 Å². The van der Waals surface area contributed by atoms with E-state index in [1.807, 2.05) is 12.1 Å². The lowest BCUT2D eigenvalue weighted by molar-refractivity contribution is 0.00107. The van der Waals surface area contributed by atoms with Crippen LogP contribution >= 0.6 is 11.8 Å². The lowest BCUT2D eigenvalue weighted by Gasteiger charge is -2.17. The van der Waals surface area contributed by atoms with E-state index < -0.39 is 18.2 Å². The predicted octanol–water partition coefficient (Wildman–Crippen LogP) is 2.37. The molecule has 0 amide bonds. The van der Waals surface area contributed by atoms with E-state index in [0.717, 1.165) is 24.3 Å². The molecule has 11 heteroatoms. The fraction of sp³-hybridized carbons (Fsp3) is 0.583. The van der Waals surface area contributed by atoms with Gasteiger partial charge in [-0.15, -0.1) is 5.10 Å². The number of aliphatic hydroxyl groups excluding tert-OH is 3. The van der Waals surface area contributed by atoms with E-state index in [9.17, 15) is 15.3 Å². The first-order valence-electron chi connectivity index (χ1n) is 12.2. The van der Waals surface area contributed by atoms with Gasteiger partial charge in [0, 0.05) is 24.3 Å². The Hall–Kier alpha value is -2.47. The molecule has 2 heterocycles. The van der Waals surface area contributed by atoms with Gasteiger partial charge in [0.2, 0.25) is 0 Å². The summed E-state index contributed by atoms with van der Waals surface area (Å²) in [6, 6.07) is 7.86. The van der Waals surface area contributed by atoms with Crippen molar-refractivity contribution in [1.82, 2.24) is 25.0 Å². The number of aromatic nitrogens is 5. The molecule has 0 radical (unpaired) electrons. The molecule has 0 aliphatic heterocycles. The number of fused-ring (bicyclic) bond motifs is 1. The number of ether oxygens (including phenoxy) is 1. The Balaban J connectivity index is 1.44. The average Bonchev–Trinajstić information content (AvgIpc) is 3.43.